The second kappa shape index (κ2) is 7.61. The zero-order valence-electron chi connectivity index (χ0n) is 12.7. The SMILES string of the molecule is CCNCC1(CN2CCC(CO)CC2)CCCCC1. The second-order valence-corrected chi connectivity index (χ2v) is 6.74. The summed E-state index contributed by atoms with van der Waals surface area (Å²) in [4.78, 5) is 2.66. The van der Waals surface area contributed by atoms with Crippen LogP contribution < -0.4 is 5.32 Å². The van der Waals surface area contributed by atoms with Gasteiger partial charge in [0.05, 0.1) is 0 Å². The van der Waals surface area contributed by atoms with Gasteiger partial charge in [0.15, 0.2) is 0 Å². The van der Waals surface area contributed by atoms with Gasteiger partial charge in [-0.25, -0.2) is 0 Å². The number of piperidine rings is 1. The van der Waals surface area contributed by atoms with Gasteiger partial charge in [-0.1, -0.05) is 26.2 Å². The van der Waals surface area contributed by atoms with Crippen LogP contribution in [0, 0.1) is 11.3 Å². The van der Waals surface area contributed by atoms with Gasteiger partial charge in [0.25, 0.3) is 0 Å². The minimum atomic E-state index is 0.385. The number of rotatable bonds is 6. The van der Waals surface area contributed by atoms with Gasteiger partial charge in [-0.3, -0.25) is 0 Å². The van der Waals surface area contributed by atoms with Crippen LogP contribution in [0.4, 0.5) is 0 Å². The number of aliphatic hydroxyl groups is 1. The maximum absolute atomic E-state index is 9.24. The quantitative estimate of drug-likeness (QED) is 0.775. The maximum Gasteiger partial charge on any atom is 0.0460 e. The molecule has 0 atom stereocenters. The molecule has 3 heteroatoms. The van der Waals surface area contributed by atoms with Crippen molar-refractivity contribution in [1.29, 1.82) is 0 Å². The first kappa shape index (κ1) is 15.3. The minimum Gasteiger partial charge on any atom is -0.396 e. The lowest BCUT2D eigenvalue weighted by Crippen LogP contribution is -2.47. The first-order valence-electron chi connectivity index (χ1n) is 8.32. The second-order valence-electron chi connectivity index (χ2n) is 6.74. The maximum atomic E-state index is 9.24. The molecule has 1 saturated heterocycles. The highest BCUT2D eigenvalue weighted by molar-refractivity contribution is 4.89. The molecule has 2 rings (SSSR count). The van der Waals surface area contributed by atoms with Crippen LogP contribution in [0.25, 0.3) is 0 Å². The smallest absolute Gasteiger partial charge is 0.0460 e. The van der Waals surface area contributed by atoms with Crippen LogP contribution in [0.1, 0.15) is 51.9 Å². The number of likely N-dealkylation sites (tertiary alicyclic amines) is 1. The molecule has 0 unspecified atom stereocenters. The molecular formula is C16H32N2O. The fourth-order valence-electron chi connectivity index (χ4n) is 3.88. The van der Waals surface area contributed by atoms with Gasteiger partial charge in [0, 0.05) is 19.7 Å². The molecule has 112 valence electrons. The Morgan fingerprint density at radius 2 is 1.84 bits per heavy atom. The molecule has 2 fully saturated rings. The molecule has 2 N–H and O–H groups in total. The molecule has 0 aromatic heterocycles. The average Bonchev–Trinajstić information content (AvgIpc) is 2.47. The zero-order valence-corrected chi connectivity index (χ0v) is 12.7. The van der Waals surface area contributed by atoms with Crippen LogP contribution in [0.5, 0.6) is 0 Å². The van der Waals surface area contributed by atoms with E-state index in [2.05, 4.69) is 17.1 Å². The van der Waals surface area contributed by atoms with E-state index in [1.54, 1.807) is 0 Å². The third-order valence-electron chi connectivity index (χ3n) is 5.19. The van der Waals surface area contributed by atoms with Crippen LogP contribution in [0.3, 0.4) is 0 Å². The van der Waals surface area contributed by atoms with Crippen LogP contribution in [0.15, 0.2) is 0 Å². The Kier molecular flexibility index (Phi) is 6.11. The van der Waals surface area contributed by atoms with Crippen molar-refractivity contribution in [2.75, 3.05) is 39.3 Å². The molecule has 1 heterocycles. The summed E-state index contributed by atoms with van der Waals surface area (Å²) in [5.74, 6) is 0.562. The average molecular weight is 268 g/mol. The van der Waals surface area contributed by atoms with Crippen molar-refractivity contribution in [2.45, 2.75) is 51.9 Å². The van der Waals surface area contributed by atoms with Crippen LogP contribution in [-0.4, -0.2) is 49.3 Å². The van der Waals surface area contributed by atoms with Gasteiger partial charge < -0.3 is 15.3 Å². The molecule has 0 aromatic rings. The van der Waals surface area contributed by atoms with E-state index in [4.69, 9.17) is 0 Å². The van der Waals surface area contributed by atoms with Crippen molar-refractivity contribution in [1.82, 2.24) is 10.2 Å². The standard InChI is InChI=1S/C16H32N2O/c1-2-17-13-16(8-4-3-5-9-16)14-18-10-6-15(12-19)7-11-18/h15,17,19H,2-14H2,1H3. The normalized spacial score (nSPS) is 25.6. The first-order chi connectivity index (χ1) is 9.28. The van der Waals surface area contributed by atoms with E-state index in [1.807, 2.05) is 0 Å². The van der Waals surface area contributed by atoms with E-state index in [9.17, 15) is 5.11 Å². The van der Waals surface area contributed by atoms with Crippen molar-refractivity contribution < 1.29 is 5.11 Å². The third kappa shape index (κ3) is 4.44. The van der Waals surface area contributed by atoms with Gasteiger partial charge in [-0.15, -0.1) is 0 Å². The van der Waals surface area contributed by atoms with Crippen molar-refractivity contribution >= 4 is 0 Å². The zero-order chi connectivity index (χ0) is 13.6. The lowest BCUT2D eigenvalue weighted by atomic mass is 9.73. The topological polar surface area (TPSA) is 35.5 Å². The lowest BCUT2D eigenvalue weighted by Gasteiger charge is -2.43. The van der Waals surface area contributed by atoms with Gasteiger partial charge in [-0.2, -0.15) is 0 Å². The lowest BCUT2D eigenvalue weighted by molar-refractivity contribution is 0.0662. The molecule has 0 radical (unpaired) electrons. The Hall–Kier alpha value is -0.120. The molecule has 3 nitrogen and oxygen atoms in total. The molecular weight excluding hydrogens is 236 g/mol. The molecule has 0 aromatic carbocycles. The molecule has 1 saturated carbocycles. The first-order valence-corrected chi connectivity index (χ1v) is 8.32. The molecule has 19 heavy (non-hydrogen) atoms. The van der Waals surface area contributed by atoms with Crippen LogP contribution in [0.2, 0.25) is 0 Å². The highest BCUT2D eigenvalue weighted by Crippen LogP contribution is 2.37. The van der Waals surface area contributed by atoms with Gasteiger partial charge in [0.1, 0.15) is 0 Å². The number of aliphatic hydroxyl groups excluding tert-OH is 1. The van der Waals surface area contributed by atoms with Crippen molar-refractivity contribution in [3.63, 3.8) is 0 Å². The molecule has 0 bridgehead atoms. The summed E-state index contributed by atoms with van der Waals surface area (Å²) < 4.78 is 0. The Balaban J connectivity index is 1.85. The Bertz CT molecular complexity index is 243. The summed E-state index contributed by atoms with van der Waals surface area (Å²) in [7, 11) is 0. The molecule has 1 aliphatic carbocycles. The van der Waals surface area contributed by atoms with Crippen LogP contribution in [-0.2, 0) is 0 Å². The summed E-state index contributed by atoms with van der Waals surface area (Å²) >= 11 is 0. The van der Waals surface area contributed by atoms with Crippen molar-refractivity contribution in [2.24, 2.45) is 11.3 Å². The van der Waals surface area contributed by atoms with Gasteiger partial charge >= 0.3 is 0 Å². The van der Waals surface area contributed by atoms with Gasteiger partial charge in [-0.05, 0) is 56.7 Å². The number of hydrogen-bond donors (Lipinski definition) is 2. The van der Waals surface area contributed by atoms with Crippen molar-refractivity contribution in [3.05, 3.63) is 0 Å². The van der Waals surface area contributed by atoms with E-state index in [0.29, 0.717) is 17.9 Å². The molecule has 1 aliphatic heterocycles. The van der Waals surface area contributed by atoms with E-state index in [1.165, 1.54) is 71.1 Å². The number of nitrogens with one attached hydrogen (secondary N) is 1. The Morgan fingerprint density at radius 1 is 1.16 bits per heavy atom. The third-order valence-corrected chi connectivity index (χ3v) is 5.19. The highest BCUT2D eigenvalue weighted by Gasteiger charge is 2.34. The predicted molar refractivity (Wildman–Crippen MR) is 80.3 cm³/mol. The van der Waals surface area contributed by atoms with E-state index >= 15 is 0 Å². The summed E-state index contributed by atoms with van der Waals surface area (Å²) in [5, 5.41) is 12.8. The molecule has 0 spiro atoms. The summed E-state index contributed by atoms with van der Waals surface area (Å²) in [5.41, 5.74) is 0.528. The van der Waals surface area contributed by atoms with E-state index in [-0.39, 0.29) is 0 Å². The summed E-state index contributed by atoms with van der Waals surface area (Å²) in [6.45, 7) is 8.55. The number of nitrogens with zero attached hydrogens (tertiary/aromatic N) is 1. The highest BCUT2D eigenvalue weighted by atomic mass is 16.3. The Labute approximate surface area is 118 Å². The predicted octanol–water partition coefficient (Wildman–Crippen LogP) is 2.25. The van der Waals surface area contributed by atoms with E-state index in [0.717, 1.165) is 6.54 Å². The summed E-state index contributed by atoms with van der Waals surface area (Å²) in [6.07, 6.45) is 9.44. The van der Waals surface area contributed by atoms with Gasteiger partial charge in [0.2, 0.25) is 0 Å². The monoisotopic (exact) mass is 268 g/mol. The number of hydrogen-bond acceptors (Lipinski definition) is 3. The minimum absolute atomic E-state index is 0.385. The fraction of sp³-hybridized carbons (Fsp3) is 1.00. The van der Waals surface area contributed by atoms with E-state index < -0.39 is 0 Å². The van der Waals surface area contributed by atoms with Crippen molar-refractivity contribution in [3.8, 4) is 0 Å². The largest absolute Gasteiger partial charge is 0.396 e. The molecule has 0 amide bonds. The fourth-order valence-corrected chi connectivity index (χ4v) is 3.88. The molecule has 2 aliphatic rings. The van der Waals surface area contributed by atoms with Crippen LogP contribution >= 0.6 is 0 Å². The Morgan fingerprint density at radius 3 is 2.42 bits per heavy atom. The summed E-state index contributed by atoms with van der Waals surface area (Å²) in [6, 6.07) is 0.